The predicted molar refractivity (Wildman–Crippen MR) is 94.9 cm³/mol. The highest BCUT2D eigenvalue weighted by atomic mass is 35.5. The summed E-state index contributed by atoms with van der Waals surface area (Å²) in [7, 11) is 0. The average molecular weight is 365 g/mol. The molecule has 1 aromatic heterocycles. The van der Waals surface area contributed by atoms with Crippen LogP contribution in [-0.4, -0.2) is 10.5 Å². The van der Waals surface area contributed by atoms with Gasteiger partial charge in [0, 0.05) is 34.8 Å². The Kier molecular flexibility index (Phi) is 4.64. The molecule has 0 aliphatic heterocycles. The fourth-order valence-electron chi connectivity index (χ4n) is 2.36. The van der Waals surface area contributed by atoms with Crippen molar-refractivity contribution in [2.24, 2.45) is 0 Å². The van der Waals surface area contributed by atoms with Crippen LogP contribution >= 0.6 is 23.2 Å². The van der Waals surface area contributed by atoms with Crippen molar-refractivity contribution >= 4 is 45.9 Å². The fraction of sp³-hybridized carbons (Fsp3) is 0.176. The molecule has 0 radical (unpaired) electrons. The minimum absolute atomic E-state index is 0.128. The third kappa shape index (κ3) is 3.47. The number of hydrogen-bond acceptors (Lipinski definition) is 3. The fourth-order valence-corrected chi connectivity index (χ4v) is 2.70. The van der Waals surface area contributed by atoms with Gasteiger partial charge in [0.1, 0.15) is 0 Å². The Hall–Kier alpha value is -2.24. The van der Waals surface area contributed by atoms with Crippen LogP contribution < -0.4 is 11.1 Å². The Morgan fingerprint density at radius 2 is 2.00 bits per heavy atom. The summed E-state index contributed by atoms with van der Waals surface area (Å²) in [5.74, 6) is -0.733. The van der Waals surface area contributed by atoms with Gasteiger partial charge in [0.05, 0.1) is 5.52 Å². The van der Waals surface area contributed by atoms with E-state index in [0.29, 0.717) is 26.8 Å². The predicted octanol–water partition coefficient (Wildman–Crippen LogP) is 4.24. The number of carbonyl (C=O) groups is 1. The van der Waals surface area contributed by atoms with E-state index in [4.69, 9.17) is 27.6 Å². The first-order chi connectivity index (χ1) is 11.4. The summed E-state index contributed by atoms with van der Waals surface area (Å²) in [6.07, 6.45) is 0.128. The molecule has 0 saturated heterocycles. The number of nitrogens with zero attached hydrogens (tertiary/aromatic N) is 1. The van der Waals surface area contributed by atoms with Crippen molar-refractivity contribution in [2.45, 2.75) is 19.9 Å². The zero-order chi connectivity index (χ0) is 17.3. The molecule has 5 nitrogen and oxygen atoms in total. The maximum absolute atomic E-state index is 12.1. The van der Waals surface area contributed by atoms with Crippen molar-refractivity contribution < 1.29 is 9.21 Å². The van der Waals surface area contributed by atoms with Gasteiger partial charge in [-0.1, -0.05) is 29.3 Å². The second-order valence-electron chi connectivity index (χ2n) is 5.39. The molecular weight excluding hydrogens is 351 g/mol. The molecule has 0 unspecified atom stereocenters. The number of oxazole rings is 1. The zero-order valence-corrected chi connectivity index (χ0v) is 14.3. The summed E-state index contributed by atoms with van der Waals surface area (Å²) in [6, 6.07) is 10.2. The lowest BCUT2D eigenvalue weighted by Gasteiger charge is -2.07. The largest absolute Gasteiger partial charge is 0.419 e. The van der Waals surface area contributed by atoms with Crippen molar-refractivity contribution in [2.75, 3.05) is 5.32 Å². The van der Waals surface area contributed by atoms with Gasteiger partial charge < -0.3 is 9.73 Å². The lowest BCUT2D eigenvalue weighted by molar-refractivity contribution is -0.116. The van der Waals surface area contributed by atoms with E-state index in [9.17, 15) is 9.59 Å². The molecular formula is C17H14Cl2N2O3. The van der Waals surface area contributed by atoms with Crippen molar-refractivity contribution in [3.8, 4) is 0 Å². The molecule has 24 heavy (non-hydrogen) atoms. The lowest BCUT2D eigenvalue weighted by Crippen LogP contribution is -2.19. The summed E-state index contributed by atoms with van der Waals surface area (Å²) >= 11 is 11.9. The molecule has 0 aliphatic carbocycles. The number of hydrogen-bond donors (Lipinski definition) is 1. The number of aromatic nitrogens is 1. The molecule has 0 bridgehead atoms. The number of halogens is 2. The van der Waals surface area contributed by atoms with Crippen LogP contribution in [0.1, 0.15) is 12.0 Å². The van der Waals surface area contributed by atoms with Crippen molar-refractivity contribution in [1.29, 1.82) is 0 Å². The molecule has 3 rings (SSSR count). The second-order valence-corrected chi connectivity index (χ2v) is 6.24. The van der Waals surface area contributed by atoms with E-state index in [-0.39, 0.29) is 18.9 Å². The molecule has 0 fully saturated rings. The standard InChI is InChI=1S/C17H14Cl2N2O3/c1-10-2-4-12(9-13(10)19)20-16(22)6-7-21-14-5-3-11(18)8-15(14)24-17(21)23/h2-5,8-9H,6-7H2,1H3,(H,20,22). The number of anilines is 1. The SMILES string of the molecule is Cc1ccc(NC(=O)CCn2c(=O)oc3cc(Cl)ccc32)cc1Cl. The van der Waals surface area contributed by atoms with Gasteiger partial charge in [0.2, 0.25) is 5.91 Å². The van der Waals surface area contributed by atoms with Gasteiger partial charge >= 0.3 is 5.76 Å². The first kappa shape index (κ1) is 16.6. The van der Waals surface area contributed by atoms with E-state index in [1.165, 1.54) is 4.57 Å². The number of nitrogens with one attached hydrogen (secondary N) is 1. The van der Waals surface area contributed by atoms with Crippen LogP contribution in [0.4, 0.5) is 5.69 Å². The van der Waals surface area contributed by atoms with Gasteiger partial charge in [-0.3, -0.25) is 9.36 Å². The zero-order valence-electron chi connectivity index (χ0n) is 12.8. The van der Waals surface area contributed by atoms with E-state index >= 15 is 0 Å². The quantitative estimate of drug-likeness (QED) is 0.752. The number of amides is 1. The number of fused-ring (bicyclic) bond motifs is 1. The molecule has 0 saturated carbocycles. The molecule has 0 atom stereocenters. The van der Waals surface area contributed by atoms with Crippen LogP contribution in [0.15, 0.2) is 45.6 Å². The molecule has 1 N–H and O–H groups in total. The van der Waals surface area contributed by atoms with Gasteiger partial charge in [-0.25, -0.2) is 4.79 Å². The smallest absolute Gasteiger partial charge is 0.408 e. The van der Waals surface area contributed by atoms with Gasteiger partial charge in [0.15, 0.2) is 5.58 Å². The first-order valence-corrected chi connectivity index (χ1v) is 8.04. The van der Waals surface area contributed by atoms with Crippen LogP contribution in [-0.2, 0) is 11.3 Å². The molecule has 1 heterocycles. The van der Waals surface area contributed by atoms with Gasteiger partial charge in [0.25, 0.3) is 0 Å². The maximum atomic E-state index is 12.1. The second kappa shape index (κ2) is 6.71. The normalized spacial score (nSPS) is 11.0. The summed E-state index contributed by atoms with van der Waals surface area (Å²) in [4.78, 5) is 24.0. The average Bonchev–Trinajstić information content (AvgIpc) is 2.83. The van der Waals surface area contributed by atoms with Crippen molar-refractivity contribution in [3.05, 3.63) is 62.6 Å². The van der Waals surface area contributed by atoms with Crippen LogP contribution in [0.5, 0.6) is 0 Å². The summed E-state index contributed by atoms with van der Waals surface area (Å²) < 4.78 is 6.54. The molecule has 2 aromatic carbocycles. The summed E-state index contributed by atoms with van der Waals surface area (Å²) in [5.41, 5.74) is 2.56. The van der Waals surface area contributed by atoms with E-state index in [1.54, 1.807) is 30.3 Å². The van der Waals surface area contributed by atoms with Crippen molar-refractivity contribution in [1.82, 2.24) is 4.57 Å². The molecule has 0 spiro atoms. The van der Waals surface area contributed by atoms with Gasteiger partial charge in [-0.2, -0.15) is 0 Å². The Morgan fingerprint density at radius 1 is 1.21 bits per heavy atom. The molecule has 3 aromatic rings. The highest BCUT2D eigenvalue weighted by Gasteiger charge is 2.11. The number of aryl methyl sites for hydroxylation is 2. The minimum atomic E-state index is -0.515. The Morgan fingerprint density at radius 3 is 2.75 bits per heavy atom. The maximum Gasteiger partial charge on any atom is 0.419 e. The number of rotatable bonds is 4. The number of carbonyl (C=O) groups excluding carboxylic acids is 1. The van der Waals surface area contributed by atoms with E-state index in [1.807, 2.05) is 13.0 Å². The van der Waals surface area contributed by atoms with Crippen molar-refractivity contribution in [3.63, 3.8) is 0 Å². The van der Waals surface area contributed by atoms with Crippen LogP contribution in [0.25, 0.3) is 11.1 Å². The molecule has 1 amide bonds. The highest BCUT2D eigenvalue weighted by Crippen LogP contribution is 2.21. The summed E-state index contributed by atoms with van der Waals surface area (Å²) in [5, 5.41) is 3.83. The van der Waals surface area contributed by atoms with Crippen LogP contribution in [0.3, 0.4) is 0 Å². The van der Waals surface area contributed by atoms with Gasteiger partial charge in [-0.05, 0) is 36.8 Å². The van der Waals surface area contributed by atoms with Crippen LogP contribution in [0, 0.1) is 6.92 Å². The molecule has 0 aliphatic rings. The number of benzene rings is 2. The van der Waals surface area contributed by atoms with Crippen LogP contribution in [0.2, 0.25) is 10.0 Å². The van der Waals surface area contributed by atoms with E-state index in [0.717, 1.165) is 5.56 Å². The summed E-state index contributed by atoms with van der Waals surface area (Å²) in [6.45, 7) is 2.09. The lowest BCUT2D eigenvalue weighted by atomic mass is 10.2. The Balaban J connectivity index is 1.71. The van der Waals surface area contributed by atoms with E-state index in [2.05, 4.69) is 5.32 Å². The minimum Gasteiger partial charge on any atom is -0.408 e. The highest BCUT2D eigenvalue weighted by molar-refractivity contribution is 6.31. The molecule has 124 valence electrons. The Bertz CT molecular complexity index is 976. The monoisotopic (exact) mass is 364 g/mol. The third-order valence-corrected chi connectivity index (χ3v) is 4.29. The van der Waals surface area contributed by atoms with Gasteiger partial charge in [-0.15, -0.1) is 0 Å². The first-order valence-electron chi connectivity index (χ1n) is 7.29. The topological polar surface area (TPSA) is 64.2 Å². The third-order valence-electron chi connectivity index (χ3n) is 3.65. The van der Waals surface area contributed by atoms with E-state index < -0.39 is 5.76 Å². The molecule has 7 heteroatoms. The Labute approximate surface area is 147 Å².